The molecule has 4 heteroatoms. The van der Waals surface area contributed by atoms with Gasteiger partial charge in [-0.25, -0.2) is 0 Å². The van der Waals surface area contributed by atoms with Crippen molar-refractivity contribution >= 4 is 5.97 Å². The Bertz CT molecular complexity index is 212. The largest absolute Gasteiger partial charge is 0.481 e. The molecule has 1 aliphatic heterocycles. The number of hydrogen-bond donors (Lipinski definition) is 1. The standard InChI is InChI=1S/C12H23NO3/c1-13(2)11(4-3-5-12(14)15)10-6-8-16-9-7-10/h10-11H,3-9H2,1-2H3,(H,14,15). The fourth-order valence-corrected chi connectivity index (χ4v) is 2.48. The minimum absolute atomic E-state index is 0.285. The van der Waals surface area contributed by atoms with Crippen molar-refractivity contribution in [1.82, 2.24) is 4.90 Å². The molecule has 1 saturated heterocycles. The van der Waals surface area contributed by atoms with Crippen molar-refractivity contribution in [3.05, 3.63) is 0 Å². The first-order valence-electron chi connectivity index (χ1n) is 6.07. The van der Waals surface area contributed by atoms with Crippen molar-refractivity contribution in [3.8, 4) is 0 Å². The summed E-state index contributed by atoms with van der Waals surface area (Å²) in [6.45, 7) is 1.71. The maximum absolute atomic E-state index is 10.5. The Morgan fingerprint density at radius 3 is 2.56 bits per heavy atom. The molecule has 0 aromatic carbocycles. The molecule has 1 rings (SSSR count). The van der Waals surface area contributed by atoms with E-state index < -0.39 is 5.97 Å². The lowest BCUT2D eigenvalue weighted by Gasteiger charge is -2.34. The zero-order valence-corrected chi connectivity index (χ0v) is 10.3. The van der Waals surface area contributed by atoms with E-state index in [2.05, 4.69) is 19.0 Å². The normalized spacial score (nSPS) is 19.9. The third-order valence-corrected chi connectivity index (χ3v) is 3.36. The van der Waals surface area contributed by atoms with Crippen molar-refractivity contribution in [2.24, 2.45) is 5.92 Å². The first-order chi connectivity index (χ1) is 7.61. The van der Waals surface area contributed by atoms with Crippen LogP contribution in [0.1, 0.15) is 32.1 Å². The van der Waals surface area contributed by atoms with Gasteiger partial charge >= 0.3 is 5.97 Å². The third kappa shape index (κ3) is 4.49. The first kappa shape index (κ1) is 13.5. The molecule has 1 N–H and O–H groups in total. The van der Waals surface area contributed by atoms with Gasteiger partial charge in [0.25, 0.3) is 0 Å². The summed E-state index contributed by atoms with van der Waals surface area (Å²) in [5.41, 5.74) is 0. The van der Waals surface area contributed by atoms with E-state index in [1.165, 1.54) is 0 Å². The van der Waals surface area contributed by atoms with Crippen LogP contribution in [0.15, 0.2) is 0 Å². The van der Waals surface area contributed by atoms with E-state index in [0.29, 0.717) is 12.0 Å². The Morgan fingerprint density at radius 1 is 1.44 bits per heavy atom. The number of carboxylic acid groups (broad SMARTS) is 1. The van der Waals surface area contributed by atoms with Crippen LogP contribution in [0.3, 0.4) is 0 Å². The first-order valence-corrected chi connectivity index (χ1v) is 6.07. The molecule has 0 aromatic heterocycles. The van der Waals surface area contributed by atoms with Crippen LogP contribution in [0.2, 0.25) is 0 Å². The van der Waals surface area contributed by atoms with E-state index in [1.807, 2.05) is 0 Å². The van der Waals surface area contributed by atoms with Crippen molar-refractivity contribution in [3.63, 3.8) is 0 Å². The van der Waals surface area contributed by atoms with Crippen LogP contribution in [0.4, 0.5) is 0 Å². The van der Waals surface area contributed by atoms with E-state index in [1.54, 1.807) is 0 Å². The molecule has 0 bridgehead atoms. The van der Waals surface area contributed by atoms with Crippen LogP contribution in [-0.2, 0) is 9.53 Å². The van der Waals surface area contributed by atoms with E-state index in [0.717, 1.165) is 38.9 Å². The molecule has 16 heavy (non-hydrogen) atoms. The van der Waals surface area contributed by atoms with Crippen molar-refractivity contribution in [1.29, 1.82) is 0 Å². The van der Waals surface area contributed by atoms with E-state index in [4.69, 9.17) is 9.84 Å². The molecule has 0 spiro atoms. The molecular formula is C12H23NO3. The fraction of sp³-hybridized carbons (Fsp3) is 0.917. The van der Waals surface area contributed by atoms with E-state index >= 15 is 0 Å². The Balaban J connectivity index is 2.36. The van der Waals surface area contributed by atoms with Crippen LogP contribution in [0.5, 0.6) is 0 Å². The van der Waals surface area contributed by atoms with Gasteiger partial charge in [-0.2, -0.15) is 0 Å². The fourth-order valence-electron chi connectivity index (χ4n) is 2.48. The van der Waals surface area contributed by atoms with Crippen molar-refractivity contribution in [2.75, 3.05) is 27.3 Å². The van der Waals surface area contributed by atoms with E-state index in [-0.39, 0.29) is 6.42 Å². The molecule has 0 saturated carbocycles. The Hall–Kier alpha value is -0.610. The molecule has 1 unspecified atom stereocenters. The van der Waals surface area contributed by atoms with Gasteiger partial charge in [0.05, 0.1) is 0 Å². The Labute approximate surface area is 97.6 Å². The second-order valence-corrected chi connectivity index (χ2v) is 4.77. The summed E-state index contributed by atoms with van der Waals surface area (Å²) in [4.78, 5) is 12.7. The average molecular weight is 229 g/mol. The maximum atomic E-state index is 10.5. The molecule has 4 nitrogen and oxygen atoms in total. The van der Waals surface area contributed by atoms with Crippen molar-refractivity contribution < 1.29 is 14.6 Å². The molecule has 0 radical (unpaired) electrons. The molecule has 1 atom stereocenters. The van der Waals surface area contributed by atoms with Crippen LogP contribution in [0, 0.1) is 5.92 Å². The van der Waals surface area contributed by atoms with Gasteiger partial charge in [0.1, 0.15) is 0 Å². The minimum Gasteiger partial charge on any atom is -0.481 e. The Morgan fingerprint density at radius 2 is 2.06 bits per heavy atom. The molecular weight excluding hydrogens is 206 g/mol. The molecule has 1 aliphatic rings. The third-order valence-electron chi connectivity index (χ3n) is 3.36. The van der Waals surface area contributed by atoms with Gasteiger partial charge in [-0.1, -0.05) is 0 Å². The van der Waals surface area contributed by atoms with Crippen LogP contribution in [-0.4, -0.2) is 49.3 Å². The van der Waals surface area contributed by atoms with Gasteiger partial charge < -0.3 is 14.7 Å². The quantitative estimate of drug-likeness (QED) is 0.751. The van der Waals surface area contributed by atoms with E-state index in [9.17, 15) is 4.79 Å². The lowest BCUT2D eigenvalue weighted by Crippen LogP contribution is -2.38. The highest BCUT2D eigenvalue weighted by atomic mass is 16.5. The number of ether oxygens (including phenoxy) is 1. The number of carboxylic acids is 1. The molecule has 0 aromatic rings. The summed E-state index contributed by atoms with van der Waals surface area (Å²) in [6.07, 6.45) is 4.25. The summed E-state index contributed by atoms with van der Waals surface area (Å²) in [7, 11) is 4.17. The highest BCUT2D eigenvalue weighted by Crippen LogP contribution is 2.25. The van der Waals surface area contributed by atoms with Gasteiger partial charge in [-0.15, -0.1) is 0 Å². The molecule has 0 amide bonds. The Kier molecular flexibility index (Phi) is 5.77. The average Bonchev–Trinajstić information content (AvgIpc) is 2.25. The number of hydrogen-bond acceptors (Lipinski definition) is 3. The SMILES string of the molecule is CN(C)C(CCCC(=O)O)C1CCOCC1. The minimum atomic E-state index is -0.690. The molecule has 0 aliphatic carbocycles. The topological polar surface area (TPSA) is 49.8 Å². The van der Waals surface area contributed by atoms with Crippen LogP contribution < -0.4 is 0 Å². The molecule has 94 valence electrons. The summed E-state index contributed by atoms with van der Waals surface area (Å²) >= 11 is 0. The smallest absolute Gasteiger partial charge is 0.303 e. The number of aliphatic carboxylic acids is 1. The maximum Gasteiger partial charge on any atom is 0.303 e. The predicted molar refractivity (Wildman–Crippen MR) is 62.5 cm³/mol. The number of carbonyl (C=O) groups is 1. The molecule has 1 heterocycles. The van der Waals surface area contributed by atoms with Gasteiger partial charge in [-0.05, 0) is 45.7 Å². The van der Waals surface area contributed by atoms with Crippen molar-refractivity contribution in [2.45, 2.75) is 38.1 Å². The number of rotatable bonds is 6. The zero-order valence-electron chi connectivity index (χ0n) is 10.3. The summed E-state index contributed by atoms with van der Waals surface area (Å²) < 4.78 is 5.36. The molecule has 1 fully saturated rings. The highest BCUT2D eigenvalue weighted by Gasteiger charge is 2.25. The van der Waals surface area contributed by atoms with Gasteiger partial charge in [0, 0.05) is 25.7 Å². The second-order valence-electron chi connectivity index (χ2n) is 4.77. The number of nitrogens with zero attached hydrogens (tertiary/aromatic N) is 1. The van der Waals surface area contributed by atoms with Gasteiger partial charge in [0.2, 0.25) is 0 Å². The lowest BCUT2D eigenvalue weighted by atomic mass is 9.88. The summed E-state index contributed by atoms with van der Waals surface area (Å²) in [6, 6.07) is 0.503. The zero-order chi connectivity index (χ0) is 12.0. The summed E-state index contributed by atoms with van der Waals surface area (Å²) in [5, 5.41) is 8.64. The monoisotopic (exact) mass is 229 g/mol. The van der Waals surface area contributed by atoms with Gasteiger partial charge in [-0.3, -0.25) is 4.79 Å². The highest BCUT2D eigenvalue weighted by molar-refractivity contribution is 5.66. The lowest BCUT2D eigenvalue weighted by molar-refractivity contribution is -0.137. The van der Waals surface area contributed by atoms with Gasteiger partial charge in [0.15, 0.2) is 0 Å². The summed E-state index contributed by atoms with van der Waals surface area (Å²) in [5.74, 6) is -0.0259. The predicted octanol–water partition coefficient (Wildman–Crippen LogP) is 1.60. The van der Waals surface area contributed by atoms with Crippen LogP contribution >= 0.6 is 0 Å². The van der Waals surface area contributed by atoms with Crippen LogP contribution in [0.25, 0.3) is 0 Å². The second kappa shape index (κ2) is 6.86.